The van der Waals surface area contributed by atoms with E-state index in [9.17, 15) is 13.9 Å². The van der Waals surface area contributed by atoms with Gasteiger partial charge in [0.1, 0.15) is 11.6 Å². The van der Waals surface area contributed by atoms with E-state index in [0.29, 0.717) is 12.4 Å². The van der Waals surface area contributed by atoms with Gasteiger partial charge >= 0.3 is 0 Å². The molecule has 25 heavy (non-hydrogen) atoms. The zero-order valence-electron chi connectivity index (χ0n) is 14.4. The summed E-state index contributed by atoms with van der Waals surface area (Å²) < 4.78 is 27.7. The molecule has 0 saturated carbocycles. The Labute approximate surface area is 145 Å². The first kappa shape index (κ1) is 17.7. The summed E-state index contributed by atoms with van der Waals surface area (Å²) in [5.74, 6) is -0.618. The summed E-state index contributed by atoms with van der Waals surface area (Å²) in [6.45, 7) is 7.37. The number of hydrogen-bond acceptors (Lipinski definition) is 5. The lowest BCUT2D eigenvalue weighted by molar-refractivity contribution is 0.0344. The van der Waals surface area contributed by atoms with Crippen LogP contribution in [0.5, 0.6) is 0 Å². The second-order valence-electron chi connectivity index (χ2n) is 6.95. The van der Waals surface area contributed by atoms with Gasteiger partial charge in [-0.1, -0.05) is 6.07 Å². The molecular weight excluding hydrogens is 326 g/mol. The van der Waals surface area contributed by atoms with Gasteiger partial charge in [-0.3, -0.25) is 4.90 Å². The molecule has 2 aromatic rings. The maximum absolute atomic E-state index is 13.8. The highest BCUT2D eigenvalue weighted by Crippen LogP contribution is 2.25. The van der Waals surface area contributed by atoms with Crippen molar-refractivity contribution in [3.63, 3.8) is 0 Å². The number of halogens is 2. The zero-order chi connectivity index (χ0) is 18.0. The van der Waals surface area contributed by atoms with Crippen molar-refractivity contribution in [3.8, 4) is 11.3 Å². The molecule has 3 rings (SSSR count). The molecule has 0 bridgehead atoms. The summed E-state index contributed by atoms with van der Waals surface area (Å²) in [4.78, 5) is 4.28. The Morgan fingerprint density at radius 2 is 1.64 bits per heavy atom. The van der Waals surface area contributed by atoms with Crippen molar-refractivity contribution in [2.75, 3.05) is 37.6 Å². The number of hydrogen-bond donors (Lipinski definition) is 1. The van der Waals surface area contributed by atoms with Crippen molar-refractivity contribution in [2.24, 2.45) is 0 Å². The van der Waals surface area contributed by atoms with E-state index in [1.54, 1.807) is 26.0 Å². The van der Waals surface area contributed by atoms with E-state index >= 15 is 0 Å². The molecule has 1 aliphatic rings. The van der Waals surface area contributed by atoms with Crippen molar-refractivity contribution in [1.29, 1.82) is 0 Å². The predicted octanol–water partition coefficient (Wildman–Crippen LogP) is 2.31. The molecule has 1 N–H and O–H groups in total. The fourth-order valence-electron chi connectivity index (χ4n) is 3.05. The predicted molar refractivity (Wildman–Crippen MR) is 92.3 cm³/mol. The van der Waals surface area contributed by atoms with Crippen LogP contribution in [-0.2, 0) is 0 Å². The van der Waals surface area contributed by atoms with Crippen molar-refractivity contribution in [1.82, 2.24) is 15.1 Å². The molecule has 0 amide bonds. The average Bonchev–Trinajstić information content (AvgIpc) is 2.55. The molecule has 2 heterocycles. The van der Waals surface area contributed by atoms with Crippen molar-refractivity contribution in [2.45, 2.75) is 19.4 Å². The molecule has 0 radical (unpaired) electrons. The van der Waals surface area contributed by atoms with Crippen LogP contribution < -0.4 is 4.90 Å². The Kier molecular flexibility index (Phi) is 4.96. The smallest absolute Gasteiger partial charge is 0.151 e. The maximum atomic E-state index is 13.8. The minimum atomic E-state index is -0.715. The van der Waals surface area contributed by atoms with Crippen molar-refractivity contribution < 1.29 is 13.9 Å². The van der Waals surface area contributed by atoms with Crippen LogP contribution in [0.15, 0.2) is 30.3 Å². The number of aromatic nitrogens is 2. The zero-order valence-corrected chi connectivity index (χ0v) is 14.4. The number of β-amino-alcohol motifs (C(OH)–C–C–N with tert-alkyl or cyclic N) is 1. The van der Waals surface area contributed by atoms with E-state index in [1.807, 2.05) is 0 Å². The molecule has 0 unspecified atom stereocenters. The van der Waals surface area contributed by atoms with Crippen molar-refractivity contribution in [3.05, 3.63) is 42.0 Å². The number of rotatable bonds is 4. The number of aliphatic hydroxyl groups is 1. The molecule has 1 aromatic heterocycles. The molecule has 1 aliphatic heterocycles. The van der Waals surface area contributed by atoms with Gasteiger partial charge in [-0.05, 0) is 38.1 Å². The van der Waals surface area contributed by atoms with Gasteiger partial charge in [-0.2, -0.15) is 0 Å². The molecule has 0 atom stereocenters. The third kappa shape index (κ3) is 4.29. The number of anilines is 1. The van der Waals surface area contributed by atoms with Crippen LogP contribution in [0.2, 0.25) is 0 Å². The van der Waals surface area contributed by atoms with Crippen LogP contribution in [-0.4, -0.2) is 58.5 Å². The maximum Gasteiger partial charge on any atom is 0.151 e. The average molecular weight is 348 g/mol. The number of nitrogens with zero attached hydrogens (tertiary/aromatic N) is 4. The van der Waals surface area contributed by atoms with Crippen molar-refractivity contribution >= 4 is 5.82 Å². The highest BCUT2D eigenvalue weighted by molar-refractivity contribution is 5.61. The third-order valence-electron chi connectivity index (χ3n) is 4.18. The Morgan fingerprint density at radius 3 is 2.16 bits per heavy atom. The van der Waals surface area contributed by atoms with E-state index < -0.39 is 17.2 Å². The van der Waals surface area contributed by atoms with Gasteiger partial charge < -0.3 is 10.0 Å². The summed E-state index contributed by atoms with van der Waals surface area (Å²) in [6.07, 6.45) is 0. The van der Waals surface area contributed by atoms with Gasteiger partial charge in [0, 0.05) is 32.7 Å². The summed E-state index contributed by atoms with van der Waals surface area (Å²) in [7, 11) is 0. The van der Waals surface area contributed by atoms with Gasteiger partial charge in [-0.25, -0.2) is 8.78 Å². The molecular formula is C18H22F2N4O. The minimum absolute atomic E-state index is 0.156. The Bertz CT molecular complexity index is 703. The van der Waals surface area contributed by atoms with E-state index in [2.05, 4.69) is 20.0 Å². The van der Waals surface area contributed by atoms with E-state index in [1.165, 1.54) is 18.2 Å². The molecule has 1 aromatic carbocycles. The molecule has 0 spiro atoms. The highest BCUT2D eigenvalue weighted by Gasteiger charge is 2.23. The van der Waals surface area contributed by atoms with Crippen LogP contribution >= 0.6 is 0 Å². The van der Waals surface area contributed by atoms with Crippen LogP contribution in [0.4, 0.5) is 14.6 Å². The van der Waals surface area contributed by atoms with Crippen LogP contribution in [0.1, 0.15) is 13.8 Å². The van der Waals surface area contributed by atoms with Crippen LogP contribution in [0, 0.1) is 11.6 Å². The lowest BCUT2D eigenvalue weighted by atomic mass is 10.1. The number of benzene rings is 1. The molecule has 7 heteroatoms. The SMILES string of the molecule is CC(C)(O)CN1CCN(c2ccc(-c3c(F)cccc3F)nn2)CC1. The second-order valence-corrected chi connectivity index (χ2v) is 6.95. The summed E-state index contributed by atoms with van der Waals surface area (Å²) in [6, 6.07) is 7.06. The van der Waals surface area contributed by atoms with Crippen LogP contribution in [0.3, 0.4) is 0 Å². The normalized spacial score (nSPS) is 16.3. The van der Waals surface area contributed by atoms with Gasteiger partial charge in [0.25, 0.3) is 0 Å². The Balaban J connectivity index is 1.68. The first-order valence-corrected chi connectivity index (χ1v) is 8.31. The third-order valence-corrected chi connectivity index (χ3v) is 4.18. The van der Waals surface area contributed by atoms with Gasteiger partial charge in [-0.15, -0.1) is 10.2 Å². The highest BCUT2D eigenvalue weighted by atomic mass is 19.1. The summed E-state index contributed by atoms with van der Waals surface area (Å²) in [5, 5.41) is 18.0. The largest absolute Gasteiger partial charge is 0.389 e. The van der Waals surface area contributed by atoms with Gasteiger partial charge in [0.05, 0.1) is 16.9 Å². The standard InChI is InChI=1S/C18H22F2N4O/c1-18(2,25)12-23-8-10-24(11-9-23)16-7-6-15(21-22-16)17-13(19)4-3-5-14(17)20/h3-7,25H,8-12H2,1-2H3. The lowest BCUT2D eigenvalue weighted by Crippen LogP contribution is -2.50. The fraction of sp³-hybridized carbons (Fsp3) is 0.444. The number of piperazine rings is 1. The summed E-state index contributed by atoms with van der Waals surface area (Å²) >= 11 is 0. The Hall–Kier alpha value is -2.12. The van der Waals surface area contributed by atoms with E-state index in [-0.39, 0.29) is 11.3 Å². The Morgan fingerprint density at radius 1 is 1.00 bits per heavy atom. The van der Waals surface area contributed by atoms with Crippen LogP contribution in [0.25, 0.3) is 11.3 Å². The summed E-state index contributed by atoms with van der Waals surface area (Å²) in [5.41, 5.74) is -0.690. The first-order chi connectivity index (χ1) is 11.8. The van der Waals surface area contributed by atoms with Gasteiger partial charge in [0.2, 0.25) is 0 Å². The molecule has 0 aliphatic carbocycles. The fourth-order valence-corrected chi connectivity index (χ4v) is 3.05. The van der Waals surface area contributed by atoms with E-state index in [0.717, 1.165) is 26.2 Å². The van der Waals surface area contributed by atoms with Gasteiger partial charge in [0.15, 0.2) is 5.82 Å². The molecule has 1 saturated heterocycles. The first-order valence-electron chi connectivity index (χ1n) is 8.31. The topological polar surface area (TPSA) is 52.5 Å². The second kappa shape index (κ2) is 7.01. The quantitative estimate of drug-likeness (QED) is 0.919. The molecule has 1 fully saturated rings. The monoisotopic (exact) mass is 348 g/mol. The minimum Gasteiger partial charge on any atom is -0.389 e. The lowest BCUT2D eigenvalue weighted by Gasteiger charge is -2.37. The molecule has 134 valence electrons. The molecule has 5 nitrogen and oxygen atoms in total. The van der Waals surface area contributed by atoms with E-state index in [4.69, 9.17) is 0 Å².